The lowest BCUT2D eigenvalue weighted by molar-refractivity contribution is 1.25. The normalized spacial score (nSPS) is 12.3. The first-order valence-corrected chi connectivity index (χ1v) is 19.2. The average Bonchev–Trinajstić information content (AvgIpc) is 3.25. The first-order chi connectivity index (χ1) is 27.2. The van der Waals surface area contributed by atoms with Gasteiger partial charge in [-0.25, -0.2) is 0 Å². The predicted molar refractivity (Wildman–Crippen MR) is 236 cm³/mol. The van der Waals surface area contributed by atoms with E-state index in [0.29, 0.717) is 0 Å². The monoisotopic (exact) mass is 696 g/mol. The van der Waals surface area contributed by atoms with Crippen molar-refractivity contribution in [3.8, 4) is 55.6 Å². The average molecular weight is 697 g/mol. The van der Waals surface area contributed by atoms with E-state index in [4.69, 9.17) is 0 Å². The molecule has 0 saturated carbocycles. The second-order valence-electron chi connectivity index (χ2n) is 14.9. The molecule has 0 N–H and O–H groups in total. The van der Waals surface area contributed by atoms with Gasteiger partial charge in [0.1, 0.15) is 0 Å². The molecule has 1 aliphatic carbocycles. The van der Waals surface area contributed by atoms with Crippen molar-refractivity contribution >= 4 is 48.7 Å². The predicted octanol–water partition coefficient (Wildman–Crippen LogP) is 15.2. The molecule has 0 heteroatoms. The van der Waals surface area contributed by atoms with Gasteiger partial charge in [0.25, 0.3) is 0 Å². The van der Waals surface area contributed by atoms with Crippen LogP contribution in [-0.4, -0.2) is 0 Å². The summed E-state index contributed by atoms with van der Waals surface area (Å²) in [7, 11) is 0. The molecule has 0 spiro atoms. The molecule has 0 saturated heterocycles. The zero-order chi connectivity index (χ0) is 36.5. The summed E-state index contributed by atoms with van der Waals surface area (Å²) in [5.41, 5.74) is 16.3. The third-order valence-electron chi connectivity index (χ3n) is 11.8. The maximum Gasteiger partial charge on any atom is -0.00191 e. The van der Waals surface area contributed by atoms with Gasteiger partial charge < -0.3 is 0 Å². The van der Waals surface area contributed by atoms with Gasteiger partial charge in [-0.2, -0.15) is 0 Å². The van der Waals surface area contributed by atoms with Crippen LogP contribution < -0.4 is 0 Å². The van der Waals surface area contributed by atoms with Crippen molar-refractivity contribution in [3.05, 3.63) is 212 Å². The molecular weight excluding hydrogens is 661 g/mol. The van der Waals surface area contributed by atoms with Crippen LogP contribution in [0.4, 0.5) is 0 Å². The van der Waals surface area contributed by atoms with Gasteiger partial charge >= 0.3 is 0 Å². The molecular formula is C55H36. The molecule has 0 fully saturated rings. The first-order valence-electron chi connectivity index (χ1n) is 19.2. The summed E-state index contributed by atoms with van der Waals surface area (Å²) in [5.74, 6) is 0. The third-order valence-corrected chi connectivity index (χ3v) is 11.8. The maximum absolute atomic E-state index is 4.68. The van der Waals surface area contributed by atoms with E-state index in [1.165, 1.54) is 115 Å². The van der Waals surface area contributed by atoms with E-state index in [2.05, 4.69) is 201 Å². The Balaban J connectivity index is 1.16. The smallest absolute Gasteiger partial charge is 0.00191 e. The van der Waals surface area contributed by atoms with Crippen LogP contribution >= 0.6 is 0 Å². The van der Waals surface area contributed by atoms with Crippen LogP contribution in [0.25, 0.3) is 104 Å². The van der Waals surface area contributed by atoms with Gasteiger partial charge in [0.05, 0.1) is 0 Å². The summed E-state index contributed by atoms with van der Waals surface area (Å²) in [6, 6.07) is 71.7. The molecule has 0 heterocycles. The van der Waals surface area contributed by atoms with Crippen LogP contribution in [-0.2, 0) is 6.42 Å². The van der Waals surface area contributed by atoms with E-state index >= 15 is 0 Å². The minimum Gasteiger partial charge on any atom is -0.0949 e. The fraction of sp³-hybridized carbons (Fsp3) is 0.0182. The Morgan fingerprint density at radius 2 is 0.818 bits per heavy atom. The van der Waals surface area contributed by atoms with E-state index in [9.17, 15) is 0 Å². The quantitative estimate of drug-likeness (QED) is 0.161. The second-order valence-corrected chi connectivity index (χ2v) is 14.9. The van der Waals surface area contributed by atoms with Crippen LogP contribution in [0, 0.1) is 0 Å². The van der Waals surface area contributed by atoms with Crippen molar-refractivity contribution in [2.24, 2.45) is 0 Å². The highest BCUT2D eigenvalue weighted by atomic mass is 14.3. The van der Waals surface area contributed by atoms with Crippen molar-refractivity contribution in [2.45, 2.75) is 6.42 Å². The molecule has 256 valence electrons. The topological polar surface area (TPSA) is 0 Å². The van der Waals surface area contributed by atoms with Gasteiger partial charge in [-0.15, -0.1) is 0 Å². The third kappa shape index (κ3) is 4.99. The van der Waals surface area contributed by atoms with Crippen LogP contribution in [0.2, 0.25) is 0 Å². The van der Waals surface area contributed by atoms with Crippen molar-refractivity contribution in [2.75, 3.05) is 0 Å². The Bertz CT molecular complexity index is 3140. The first kappa shape index (κ1) is 31.5. The number of fused-ring (bicyclic) bond motifs is 7. The zero-order valence-corrected chi connectivity index (χ0v) is 30.4. The minimum atomic E-state index is 0.852. The van der Waals surface area contributed by atoms with Gasteiger partial charge in [0.2, 0.25) is 0 Å². The largest absolute Gasteiger partial charge is 0.0949 e. The molecule has 0 atom stereocenters. The van der Waals surface area contributed by atoms with E-state index in [1.54, 1.807) is 0 Å². The molecule has 11 rings (SSSR count). The Labute approximate surface area is 321 Å². The van der Waals surface area contributed by atoms with Gasteiger partial charge in [-0.05, 0) is 134 Å². The highest BCUT2D eigenvalue weighted by molar-refractivity contribution is 6.22. The van der Waals surface area contributed by atoms with Gasteiger partial charge in [0.15, 0.2) is 0 Å². The number of rotatable bonds is 4. The summed E-state index contributed by atoms with van der Waals surface area (Å²) >= 11 is 0. The minimum absolute atomic E-state index is 0.852. The molecule has 0 aliphatic heterocycles. The van der Waals surface area contributed by atoms with Crippen LogP contribution in [0.15, 0.2) is 201 Å². The van der Waals surface area contributed by atoms with Crippen LogP contribution in [0.1, 0.15) is 11.1 Å². The molecule has 0 radical (unpaired) electrons. The molecule has 0 aromatic heterocycles. The lowest BCUT2D eigenvalue weighted by Gasteiger charge is -2.26. The van der Waals surface area contributed by atoms with E-state index in [0.717, 1.165) is 6.42 Å². The Kier molecular flexibility index (Phi) is 7.19. The summed E-state index contributed by atoms with van der Waals surface area (Å²) in [4.78, 5) is 0. The number of benzene rings is 10. The lowest BCUT2D eigenvalue weighted by atomic mass is 9.77. The fourth-order valence-electron chi connectivity index (χ4n) is 9.36. The SMILES string of the molecule is C=C1Cc2ccccc2-c2cccc(-c3c(-c4cccc(-c5c6ccccc6c(-c6ccc7ccccc7c6)c6ccccc56)c4)ccc4ccccc34)c21. The lowest BCUT2D eigenvalue weighted by Crippen LogP contribution is -2.04. The van der Waals surface area contributed by atoms with Crippen molar-refractivity contribution < 1.29 is 0 Å². The summed E-state index contributed by atoms with van der Waals surface area (Å²) < 4.78 is 0. The Morgan fingerprint density at radius 1 is 0.291 bits per heavy atom. The van der Waals surface area contributed by atoms with Crippen molar-refractivity contribution in [1.82, 2.24) is 0 Å². The maximum atomic E-state index is 4.68. The Hall–Kier alpha value is -7.02. The summed E-state index contributed by atoms with van der Waals surface area (Å²) in [6.45, 7) is 4.68. The molecule has 0 nitrogen and oxygen atoms in total. The molecule has 0 amide bonds. The molecule has 0 bridgehead atoms. The second kappa shape index (κ2) is 12.5. The molecule has 10 aromatic carbocycles. The van der Waals surface area contributed by atoms with Crippen LogP contribution in [0.3, 0.4) is 0 Å². The van der Waals surface area contributed by atoms with E-state index in [-0.39, 0.29) is 0 Å². The van der Waals surface area contributed by atoms with Crippen molar-refractivity contribution in [3.63, 3.8) is 0 Å². The van der Waals surface area contributed by atoms with Gasteiger partial charge in [0, 0.05) is 0 Å². The molecule has 10 aromatic rings. The van der Waals surface area contributed by atoms with Gasteiger partial charge in [-0.1, -0.05) is 189 Å². The standard InChI is InChI=1S/C55H36/c1-35-32-39-17-5-6-20-43(39)46-26-13-27-51(52(35)46)55-44-21-7-4-15-37(44)30-31-45(55)40-18-12-19-41(34-40)53-47-22-8-10-24-49(47)54(50-25-11-9-23-48(50)53)42-29-28-36-14-2-3-16-38(36)33-42/h2-31,33-34H,1,32H2. The number of hydrogen-bond donors (Lipinski definition) is 0. The zero-order valence-electron chi connectivity index (χ0n) is 30.4. The van der Waals surface area contributed by atoms with E-state index in [1.807, 2.05) is 0 Å². The fourth-order valence-corrected chi connectivity index (χ4v) is 9.36. The van der Waals surface area contributed by atoms with Gasteiger partial charge in [-0.3, -0.25) is 0 Å². The Morgan fingerprint density at radius 3 is 1.56 bits per heavy atom. The molecule has 1 aliphatic rings. The number of hydrogen-bond acceptors (Lipinski definition) is 0. The highest BCUT2D eigenvalue weighted by Crippen LogP contribution is 2.49. The molecule has 55 heavy (non-hydrogen) atoms. The summed E-state index contributed by atoms with van der Waals surface area (Å²) in [5, 5.41) is 10.0. The van der Waals surface area contributed by atoms with Crippen molar-refractivity contribution in [1.29, 1.82) is 0 Å². The molecule has 0 unspecified atom stereocenters. The van der Waals surface area contributed by atoms with Crippen LogP contribution in [0.5, 0.6) is 0 Å². The highest BCUT2D eigenvalue weighted by Gasteiger charge is 2.25. The number of allylic oxidation sites excluding steroid dienone is 1. The van der Waals surface area contributed by atoms with E-state index < -0.39 is 0 Å². The summed E-state index contributed by atoms with van der Waals surface area (Å²) in [6.07, 6.45) is 0.852.